The number of aryl methyl sites for hydroxylation is 2. The minimum atomic E-state index is -0.577. The SMILES string of the molecule is C[C@@H](OC(=O)Nc1c(-c2ccc(B3OC(C)(C)C(C)(C)O3)cc2)cnn1C)c1ccccc1.C[C@@H](OC(=O)Nc1c(-c2ccc(B3OC(C)(C)C(C)(C)O3)cc2)oc2ccccc12)c1ccccc1.Cc1nnn(-c2ccc(B3OC(C)(C)C(C)(C)O3)cc2)c1NC(=O)O[C@H](C)c1ccccc1. The van der Waals surface area contributed by atoms with E-state index < -0.39 is 85.4 Å². The first-order chi connectivity index (χ1) is 48.3. The largest absolute Gasteiger partial charge is 0.494 e. The Bertz CT molecular complexity index is 4320. The average molecular weight is 1380 g/mol. The molecule has 6 heterocycles. The molecule has 528 valence electrons. The highest BCUT2D eigenvalue weighted by Crippen LogP contribution is 2.42. The van der Waals surface area contributed by atoms with Crippen molar-refractivity contribution in [1.82, 2.24) is 24.8 Å². The number of para-hydroxylation sites is 1. The zero-order valence-corrected chi connectivity index (χ0v) is 61.0. The molecule has 24 heteroatoms. The number of carbonyl (C=O) groups is 3. The highest BCUT2D eigenvalue weighted by atomic mass is 16.7. The van der Waals surface area contributed by atoms with Crippen LogP contribution in [-0.2, 0) is 49.2 Å². The van der Waals surface area contributed by atoms with Crippen molar-refractivity contribution in [1.29, 1.82) is 0 Å². The molecule has 3 amide bonds. The average Bonchev–Trinajstić information content (AvgIpc) is 1.62. The molecule has 3 aliphatic rings. The third kappa shape index (κ3) is 16.2. The molecule has 0 bridgehead atoms. The molecule has 3 aliphatic heterocycles. The van der Waals surface area contributed by atoms with Crippen LogP contribution in [0.15, 0.2) is 199 Å². The predicted octanol–water partition coefficient (Wildman–Crippen LogP) is 15.6. The number of hydrogen-bond acceptors (Lipinski definition) is 16. The number of fused-ring (bicyclic) bond motifs is 1. The molecule has 3 atom stereocenters. The number of hydrogen-bond donors (Lipinski definition) is 3. The molecule has 0 radical (unpaired) electrons. The van der Waals surface area contributed by atoms with Gasteiger partial charge in [0, 0.05) is 23.6 Å². The number of aromatic nitrogens is 5. The van der Waals surface area contributed by atoms with E-state index in [-0.39, 0.29) is 6.10 Å². The molecule has 3 saturated heterocycles. The second kappa shape index (κ2) is 29.6. The zero-order valence-electron chi connectivity index (χ0n) is 61.0. The fraction of sp³-hybridized carbons (Fsp3) is 0.333. The molecule has 102 heavy (non-hydrogen) atoms. The zero-order chi connectivity index (χ0) is 73.1. The van der Waals surface area contributed by atoms with Crippen molar-refractivity contribution in [2.45, 2.75) is 163 Å². The molecular weight excluding hydrogens is 1290 g/mol. The van der Waals surface area contributed by atoms with E-state index in [1.54, 1.807) is 29.5 Å². The highest BCUT2D eigenvalue weighted by Gasteiger charge is 2.54. The summed E-state index contributed by atoms with van der Waals surface area (Å²) in [6, 6.07) is 59.7. The monoisotopic (exact) mass is 1380 g/mol. The Morgan fingerprint density at radius 2 is 0.794 bits per heavy atom. The van der Waals surface area contributed by atoms with Gasteiger partial charge in [0.2, 0.25) is 0 Å². The molecule has 7 aromatic carbocycles. The third-order valence-electron chi connectivity index (χ3n) is 19.8. The number of nitrogens with one attached hydrogen (secondary N) is 3. The number of nitrogens with zero attached hydrogens (tertiary/aromatic N) is 5. The topological polar surface area (TPSA) is 232 Å². The lowest BCUT2D eigenvalue weighted by Crippen LogP contribution is -2.41. The van der Waals surface area contributed by atoms with Gasteiger partial charge in [0.05, 0.1) is 51.2 Å². The molecule has 3 aromatic heterocycles. The van der Waals surface area contributed by atoms with Gasteiger partial charge in [-0.25, -0.2) is 14.4 Å². The smallest absolute Gasteiger partial charge is 0.454 e. The van der Waals surface area contributed by atoms with Gasteiger partial charge in [-0.1, -0.05) is 169 Å². The van der Waals surface area contributed by atoms with Crippen LogP contribution in [0.4, 0.5) is 31.7 Å². The van der Waals surface area contributed by atoms with Crippen molar-refractivity contribution in [2.24, 2.45) is 7.05 Å². The van der Waals surface area contributed by atoms with Crippen molar-refractivity contribution >= 4 is 84.3 Å². The maximum atomic E-state index is 12.9. The van der Waals surface area contributed by atoms with Crippen LogP contribution in [0.3, 0.4) is 0 Å². The van der Waals surface area contributed by atoms with Crippen LogP contribution in [0, 0.1) is 6.92 Å². The number of ether oxygens (including phenoxy) is 3. The summed E-state index contributed by atoms with van der Waals surface area (Å²) >= 11 is 0. The summed E-state index contributed by atoms with van der Waals surface area (Å²) in [5.74, 6) is 1.56. The Morgan fingerprint density at radius 3 is 1.21 bits per heavy atom. The van der Waals surface area contributed by atoms with Crippen LogP contribution in [0.1, 0.15) is 145 Å². The first-order valence-corrected chi connectivity index (χ1v) is 34.2. The van der Waals surface area contributed by atoms with Gasteiger partial charge in [-0.15, -0.1) is 5.10 Å². The van der Waals surface area contributed by atoms with Crippen molar-refractivity contribution in [3.05, 3.63) is 217 Å². The maximum Gasteiger partial charge on any atom is 0.494 e. The summed E-state index contributed by atoms with van der Waals surface area (Å²) in [4.78, 5) is 38.0. The molecule has 3 N–H and O–H groups in total. The van der Waals surface area contributed by atoms with Crippen LogP contribution < -0.4 is 32.3 Å². The van der Waals surface area contributed by atoms with Gasteiger partial charge in [-0.05, 0) is 174 Å². The molecule has 0 aliphatic carbocycles. The first-order valence-electron chi connectivity index (χ1n) is 34.2. The Kier molecular flexibility index (Phi) is 21.3. The highest BCUT2D eigenvalue weighted by molar-refractivity contribution is 6.63. The van der Waals surface area contributed by atoms with E-state index >= 15 is 0 Å². The van der Waals surface area contributed by atoms with Crippen molar-refractivity contribution in [2.75, 3.05) is 16.0 Å². The molecule has 10 aromatic rings. The van der Waals surface area contributed by atoms with Crippen molar-refractivity contribution in [3.63, 3.8) is 0 Å². The number of furan rings is 1. The van der Waals surface area contributed by atoms with Gasteiger partial charge in [0.15, 0.2) is 11.6 Å². The third-order valence-corrected chi connectivity index (χ3v) is 19.8. The Labute approximate surface area is 597 Å². The number of benzene rings is 7. The van der Waals surface area contributed by atoms with Crippen LogP contribution in [0.25, 0.3) is 39.1 Å². The molecule has 3 fully saturated rings. The van der Waals surface area contributed by atoms with Crippen molar-refractivity contribution in [3.8, 4) is 28.1 Å². The first kappa shape index (κ1) is 73.4. The van der Waals surface area contributed by atoms with Gasteiger partial charge < -0.3 is 46.6 Å². The van der Waals surface area contributed by atoms with E-state index in [2.05, 4.69) is 31.4 Å². The van der Waals surface area contributed by atoms with Crippen molar-refractivity contribution < 1.29 is 60.9 Å². The van der Waals surface area contributed by atoms with E-state index in [0.29, 0.717) is 34.4 Å². The van der Waals surface area contributed by atoms with Gasteiger partial charge in [0.1, 0.15) is 35.4 Å². The standard InChI is InChI=1S/C29H30BNO5.C25H30BN3O4.C24H29BN4O4/c1-19(20-11-7-6-8-12-20)33-27(32)31-25-23-13-9-10-14-24(23)34-26(25)21-15-17-22(18-16-21)30-35-28(2,3)29(4,5)36-30;1-17(18-10-8-7-9-11-18)31-23(30)28-22-21(16-27-29(22)6)19-12-14-20(15-13-19)26-32-24(2,3)25(4,5)33-26;1-16-21(26-22(30)31-17(2)18-10-8-7-9-11-18)29(28-27-16)20-14-12-19(13-15-20)25-32-23(3,4)24(5,6)33-25/h6-19H,1-5H3,(H,31,32);7-17H,1-6H3,(H,28,30);7-15,17H,1-6H3,(H,26,30)/t19-;2*17-/m111/s1. The Balaban J connectivity index is 0.000000154. The summed E-state index contributed by atoms with van der Waals surface area (Å²) in [5, 5.41) is 21.9. The van der Waals surface area contributed by atoms with Crippen LogP contribution in [0.5, 0.6) is 0 Å². The minimum absolute atomic E-state index is 0.373. The molecular formula is C78H89B3N8O13. The molecule has 13 rings (SSSR count). The second-order valence-corrected chi connectivity index (χ2v) is 28.6. The molecule has 0 saturated carbocycles. The van der Waals surface area contributed by atoms with Crippen LogP contribution in [-0.4, -0.2) is 98.0 Å². The fourth-order valence-electron chi connectivity index (χ4n) is 11.4. The predicted molar refractivity (Wildman–Crippen MR) is 398 cm³/mol. The lowest BCUT2D eigenvalue weighted by atomic mass is 9.78. The van der Waals surface area contributed by atoms with Crippen LogP contribution in [0.2, 0.25) is 0 Å². The van der Waals surface area contributed by atoms with Crippen LogP contribution >= 0.6 is 0 Å². The van der Waals surface area contributed by atoms with E-state index in [4.69, 9.17) is 46.6 Å². The van der Waals surface area contributed by atoms with E-state index in [1.165, 1.54) is 0 Å². The summed E-state index contributed by atoms with van der Waals surface area (Å²) in [7, 11) is 0.448. The summed E-state index contributed by atoms with van der Waals surface area (Å²) in [6.07, 6.45) is -1.10. The summed E-state index contributed by atoms with van der Waals surface area (Å²) < 4.78 is 63.0. The second-order valence-electron chi connectivity index (χ2n) is 28.6. The Morgan fingerprint density at radius 1 is 0.441 bits per heavy atom. The summed E-state index contributed by atoms with van der Waals surface area (Å²) in [5.41, 5.74) is 8.16. The number of amides is 3. The maximum absolute atomic E-state index is 12.9. The number of anilines is 3. The van der Waals surface area contributed by atoms with E-state index in [0.717, 1.165) is 60.8 Å². The number of carbonyl (C=O) groups excluding carboxylic acids is 3. The summed E-state index contributed by atoms with van der Waals surface area (Å²) in [6.45, 7) is 31.6. The lowest BCUT2D eigenvalue weighted by Gasteiger charge is -2.32. The fourth-order valence-corrected chi connectivity index (χ4v) is 11.4. The quantitative estimate of drug-likeness (QED) is 0.0640. The lowest BCUT2D eigenvalue weighted by molar-refractivity contribution is 0.00578. The van der Waals surface area contributed by atoms with E-state index in [9.17, 15) is 14.4 Å². The normalized spacial score (nSPS) is 17.4. The van der Waals surface area contributed by atoms with Gasteiger partial charge >= 0.3 is 39.6 Å². The van der Waals surface area contributed by atoms with Gasteiger partial charge in [-0.3, -0.25) is 20.6 Å². The molecule has 0 unspecified atom stereocenters. The Hall–Kier alpha value is -9.81. The molecule has 0 spiro atoms. The van der Waals surface area contributed by atoms with E-state index in [1.807, 2.05) is 292 Å². The van der Waals surface area contributed by atoms with Gasteiger partial charge in [-0.2, -0.15) is 9.78 Å². The minimum Gasteiger partial charge on any atom is -0.454 e. The van der Waals surface area contributed by atoms with Gasteiger partial charge in [0.25, 0.3) is 0 Å². The molecule has 21 nitrogen and oxygen atoms in total. The number of rotatable bonds is 15.